The lowest BCUT2D eigenvalue weighted by Crippen LogP contribution is -2.40. The van der Waals surface area contributed by atoms with Crippen LogP contribution in [0, 0.1) is 0 Å². The van der Waals surface area contributed by atoms with Crippen LogP contribution in [-0.2, 0) is 11.3 Å². The average molecular weight is 319 g/mol. The van der Waals surface area contributed by atoms with Crippen molar-refractivity contribution in [3.8, 4) is 0 Å². The van der Waals surface area contributed by atoms with Crippen LogP contribution in [-0.4, -0.2) is 44.3 Å². The van der Waals surface area contributed by atoms with Gasteiger partial charge < -0.3 is 15.0 Å². The van der Waals surface area contributed by atoms with Crippen molar-refractivity contribution in [2.75, 3.05) is 33.3 Å². The second-order valence-corrected chi connectivity index (χ2v) is 6.98. The zero-order valence-electron chi connectivity index (χ0n) is 10.1. The van der Waals surface area contributed by atoms with Crippen LogP contribution in [0.3, 0.4) is 0 Å². The number of morpholine rings is 1. The van der Waals surface area contributed by atoms with Crippen LogP contribution in [0.4, 0.5) is 0 Å². The zero-order chi connectivity index (χ0) is 12.1. The van der Waals surface area contributed by atoms with E-state index in [1.165, 1.54) is 8.66 Å². The molecular weight excluding hydrogens is 300 g/mol. The number of rotatable bonds is 5. The van der Waals surface area contributed by atoms with Crippen LogP contribution in [0.25, 0.3) is 0 Å². The van der Waals surface area contributed by atoms with Gasteiger partial charge in [0.15, 0.2) is 0 Å². The van der Waals surface area contributed by atoms with E-state index in [9.17, 15) is 0 Å². The molecule has 2 heterocycles. The summed E-state index contributed by atoms with van der Waals surface area (Å²) in [7, 11) is 2.17. The van der Waals surface area contributed by atoms with Crippen LogP contribution < -0.4 is 5.32 Å². The van der Waals surface area contributed by atoms with E-state index in [-0.39, 0.29) is 0 Å². The summed E-state index contributed by atoms with van der Waals surface area (Å²) in [6.07, 6.45) is 1.50. The first-order chi connectivity index (χ1) is 8.24. The van der Waals surface area contributed by atoms with Gasteiger partial charge >= 0.3 is 0 Å². The monoisotopic (exact) mass is 318 g/mol. The van der Waals surface area contributed by atoms with Crippen LogP contribution in [0.2, 0.25) is 0 Å². The number of nitrogens with one attached hydrogen (secondary N) is 1. The van der Waals surface area contributed by atoms with Crippen molar-refractivity contribution in [3.05, 3.63) is 20.8 Å². The highest BCUT2D eigenvalue weighted by Gasteiger charge is 2.14. The molecule has 96 valence electrons. The SMILES string of the molecule is CN(CCC1CNCCO1)Cc1ccc(Br)s1. The Balaban J connectivity index is 1.68. The van der Waals surface area contributed by atoms with Gasteiger partial charge in [-0.3, -0.25) is 0 Å². The van der Waals surface area contributed by atoms with Gasteiger partial charge in [-0.1, -0.05) is 0 Å². The topological polar surface area (TPSA) is 24.5 Å². The second-order valence-electron chi connectivity index (χ2n) is 4.43. The number of hydrogen-bond donors (Lipinski definition) is 1. The minimum absolute atomic E-state index is 0.390. The number of thiophene rings is 1. The molecule has 1 N–H and O–H groups in total. The summed E-state index contributed by atoms with van der Waals surface area (Å²) >= 11 is 5.30. The summed E-state index contributed by atoms with van der Waals surface area (Å²) in [6.45, 7) is 4.96. The Hall–Kier alpha value is 0.0600. The molecule has 1 aromatic heterocycles. The maximum Gasteiger partial charge on any atom is 0.0712 e. The van der Waals surface area contributed by atoms with Gasteiger partial charge in [0.1, 0.15) is 0 Å². The molecule has 17 heavy (non-hydrogen) atoms. The Morgan fingerprint density at radius 2 is 2.47 bits per heavy atom. The number of halogens is 1. The van der Waals surface area contributed by atoms with Gasteiger partial charge in [0, 0.05) is 31.1 Å². The molecule has 1 aliphatic rings. The Bertz CT molecular complexity index is 339. The first kappa shape index (κ1) is 13.5. The van der Waals surface area contributed by atoms with Gasteiger partial charge in [-0.15, -0.1) is 11.3 Å². The van der Waals surface area contributed by atoms with E-state index < -0.39 is 0 Å². The molecule has 2 rings (SSSR count). The van der Waals surface area contributed by atoms with Crippen LogP contribution in [0.5, 0.6) is 0 Å². The molecule has 0 radical (unpaired) electrons. The summed E-state index contributed by atoms with van der Waals surface area (Å²) in [5, 5.41) is 3.36. The molecule has 1 atom stereocenters. The third kappa shape index (κ3) is 4.67. The normalized spacial score (nSPS) is 21.0. The quantitative estimate of drug-likeness (QED) is 0.901. The van der Waals surface area contributed by atoms with Gasteiger partial charge in [0.25, 0.3) is 0 Å². The Labute approximate surface area is 115 Å². The van der Waals surface area contributed by atoms with Crippen molar-refractivity contribution in [1.82, 2.24) is 10.2 Å². The summed E-state index contributed by atoms with van der Waals surface area (Å²) < 4.78 is 6.90. The standard InChI is InChI=1S/C12H19BrN2OS/c1-15(9-11-2-3-12(13)17-11)6-4-10-8-14-5-7-16-10/h2-3,10,14H,4-9H2,1H3. The Kier molecular flexibility index (Phi) is 5.44. The van der Waals surface area contributed by atoms with E-state index >= 15 is 0 Å². The highest BCUT2D eigenvalue weighted by molar-refractivity contribution is 9.11. The smallest absolute Gasteiger partial charge is 0.0712 e. The fourth-order valence-corrected chi connectivity index (χ4v) is 3.51. The van der Waals surface area contributed by atoms with Crippen molar-refractivity contribution >= 4 is 27.3 Å². The van der Waals surface area contributed by atoms with Crippen LogP contribution in [0.1, 0.15) is 11.3 Å². The fraction of sp³-hybridized carbons (Fsp3) is 0.667. The molecule has 0 spiro atoms. The predicted molar refractivity (Wildman–Crippen MR) is 75.6 cm³/mol. The highest BCUT2D eigenvalue weighted by Crippen LogP contribution is 2.23. The number of ether oxygens (including phenoxy) is 1. The van der Waals surface area contributed by atoms with E-state index in [0.717, 1.165) is 39.2 Å². The molecule has 0 saturated carbocycles. The van der Waals surface area contributed by atoms with Crippen molar-refractivity contribution in [2.45, 2.75) is 19.1 Å². The van der Waals surface area contributed by atoms with Crippen LogP contribution in [0.15, 0.2) is 15.9 Å². The highest BCUT2D eigenvalue weighted by atomic mass is 79.9. The Morgan fingerprint density at radius 1 is 1.59 bits per heavy atom. The summed E-state index contributed by atoms with van der Waals surface area (Å²) in [5.41, 5.74) is 0. The van der Waals surface area contributed by atoms with Crippen molar-refractivity contribution in [3.63, 3.8) is 0 Å². The lowest BCUT2D eigenvalue weighted by atomic mass is 10.2. The van der Waals surface area contributed by atoms with Crippen LogP contribution >= 0.6 is 27.3 Å². The summed E-state index contributed by atoms with van der Waals surface area (Å²) in [6, 6.07) is 4.30. The average Bonchev–Trinajstić information content (AvgIpc) is 2.73. The third-order valence-corrected chi connectivity index (χ3v) is 4.50. The molecular formula is C12H19BrN2OS. The minimum Gasteiger partial charge on any atom is -0.376 e. The van der Waals surface area contributed by atoms with Crippen molar-refractivity contribution in [1.29, 1.82) is 0 Å². The van der Waals surface area contributed by atoms with Gasteiger partial charge in [-0.05, 0) is 41.5 Å². The predicted octanol–water partition coefficient (Wildman–Crippen LogP) is 2.32. The van der Waals surface area contributed by atoms with Gasteiger partial charge in [0.05, 0.1) is 16.5 Å². The van der Waals surface area contributed by atoms with E-state index in [1.54, 1.807) is 0 Å². The Morgan fingerprint density at radius 3 is 3.12 bits per heavy atom. The molecule has 0 aromatic carbocycles. The molecule has 1 aromatic rings. The molecule has 1 saturated heterocycles. The molecule has 1 aliphatic heterocycles. The second kappa shape index (κ2) is 6.85. The molecule has 1 fully saturated rings. The minimum atomic E-state index is 0.390. The lowest BCUT2D eigenvalue weighted by Gasteiger charge is -2.25. The van der Waals surface area contributed by atoms with E-state index in [1.807, 2.05) is 11.3 Å². The first-order valence-electron chi connectivity index (χ1n) is 5.99. The molecule has 0 aliphatic carbocycles. The molecule has 3 nitrogen and oxygen atoms in total. The van der Waals surface area contributed by atoms with Gasteiger partial charge in [0.2, 0.25) is 0 Å². The third-order valence-electron chi connectivity index (χ3n) is 2.89. The van der Waals surface area contributed by atoms with E-state index in [0.29, 0.717) is 6.10 Å². The summed E-state index contributed by atoms with van der Waals surface area (Å²) in [5.74, 6) is 0. The maximum absolute atomic E-state index is 5.69. The largest absolute Gasteiger partial charge is 0.376 e. The maximum atomic E-state index is 5.69. The molecule has 0 bridgehead atoms. The van der Waals surface area contributed by atoms with E-state index in [2.05, 4.69) is 45.3 Å². The molecule has 5 heteroatoms. The van der Waals surface area contributed by atoms with Crippen molar-refractivity contribution < 1.29 is 4.74 Å². The molecule has 0 amide bonds. The molecule has 1 unspecified atom stereocenters. The van der Waals surface area contributed by atoms with Gasteiger partial charge in [-0.2, -0.15) is 0 Å². The lowest BCUT2D eigenvalue weighted by molar-refractivity contribution is 0.0184. The zero-order valence-corrected chi connectivity index (χ0v) is 12.5. The van der Waals surface area contributed by atoms with Gasteiger partial charge in [-0.25, -0.2) is 0 Å². The fourth-order valence-electron chi connectivity index (χ4n) is 1.95. The van der Waals surface area contributed by atoms with E-state index in [4.69, 9.17) is 4.74 Å². The number of hydrogen-bond acceptors (Lipinski definition) is 4. The number of nitrogens with zero attached hydrogens (tertiary/aromatic N) is 1. The van der Waals surface area contributed by atoms with Crippen molar-refractivity contribution in [2.24, 2.45) is 0 Å². The summed E-state index contributed by atoms with van der Waals surface area (Å²) in [4.78, 5) is 3.76. The first-order valence-corrected chi connectivity index (χ1v) is 7.60.